The molecule has 0 radical (unpaired) electrons. The van der Waals surface area contributed by atoms with Crippen LogP contribution in [0.2, 0.25) is 18.1 Å². The second-order valence-corrected chi connectivity index (χ2v) is 13.2. The van der Waals surface area contributed by atoms with Gasteiger partial charge < -0.3 is 9.16 Å². The maximum absolute atomic E-state index is 12.4. The molecule has 1 aliphatic rings. The molecule has 25 heavy (non-hydrogen) atoms. The lowest BCUT2D eigenvalue weighted by Crippen LogP contribution is -2.44. The van der Waals surface area contributed by atoms with E-state index in [1.54, 1.807) is 0 Å². The van der Waals surface area contributed by atoms with E-state index in [0.29, 0.717) is 6.61 Å². The van der Waals surface area contributed by atoms with Crippen molar-refractivity contribution in [2.75, 3.05) is 13.2 Å². The number of nitrogens with zero attached hydrogens (tertiary/aromatic N) is 1. The summed E-state index contributed by atoms with van der Waals surface area (Å²) in [6.07, 6.45) is 0.817. The Morgan fingerprint density at radius 3 is 2.44 bits per heavy atom. The molecule has 5 heteroatoms. The van der Waals surface area contributed by atoms with E-state index in [0.717, 1.165) is 19.5 Å². The van der Waals surface area contributed by atoms with Gasteiger partial charge in [-0.25, -0.2) is 0 Å². The van der Waals surface area contributed by atoms with Crippen molar-refractivity contribution in [3.8, 4) is 0 Å². The monoisotopic (exact) mass is 363 g/mol. The molecule has 1 aliphatic heterocycles. The third-order valence-electron chi connectivity index (χ3n) is 5.42. The molecule has 0 unspecified atom stereocenters. The molecule has 0 aliphatic carbocycles. The predicted octanol–water partition coefficient (Wildman–Crippen LogP) is 4.21. The molecular weight excluding hydrogens is 330 g/mol. The van der Waals surface area contributed by atoms with Gasteiger partial charge in [0.15, 0.2) is 8.32 Å². The second-order valence-electron chi connectivity index (χ2n) is 8.42. The molecule has 140 valence electrons. The molecule has 1 aromatic carbocycles. The van der Waals surface area contributed by atoms with E-state index in [4.69, 9.17) is 9.16 Å². The fourth-order valence-corrected chi connectivity index (χ4v) is 4.37. The van der Waals surface area contributed by atoms with Gasteiger partial charge in [0.2, 0.25) is 0 Å². The van der Waals surface area contributed by atoms with Gasteiger partial charge in [-0.05, 0) is 37.0 Å². The number of rotatable bonds is 6. The number of carbonyl (C=O) groups excluding carboxylic acids is 1. The fraction of sp³-hybridized carbons (Fsp3) is 0.650. The van der Waals surface area contributed by atoms with Crippen LogP contribution in [0.1, 0.15) is 39.7 Å². The van der Waals surface area contributed by atoms with Gasteiger partial charge in [-0.2, -0.15) is 0 Å². The maximum Gasteiger partial charge on any atom is 0.323 e. The topological polar surface area (TPSA) is 38.8 Å². The Bertz CT molecular complexity index is 568. The zero-order chi connectivity index (χ0) is 18.7. The zero-order valence-corrected chi connectivity index (χ0v) is 17.5. The molecule has 4 nitrogen and oxygen atoms in total. The Morgan fingerprint density at radius 2 is 1.88 bits per heavy atom. The highest BCUT2D eigenvalue weighted by atomic mass is 28.4. The molecule has 0 aromatic heterocycles. The summed E-state index contributed by atoms with van der Waals surface area (Å²) < 4.78 is 11.9. The highest BCUT2D eigenvalue weighted by Crippen LogP contribution is 2.39. The summed E-state index contributed by atoms with van der Waals surface area (Å²) in [6, 6.07) is 10.1. The molecule has 1 fully saturated rings. The third kappa shape index (κ3) is 5.15. The number of carbonyl (C=O) groups is 1. The number of hydrogen-bond donors (Lipinski definition) is 0. The van der Waals surface area contributed by atoms with Crippen molar-refractivity contribution in [1.82, 2.24) is 4.90 Å². The normalized spacial score (nSPS) is 22.2. The SMILES string of the molecule is CCOC(=O)[C@H]1C[C@@H](O[Si](C)(C)C(C)(C)C)CN1Cc1ccccc1. The predicted molar refractivity (Wildman–Crippen MR) is 104 cm³/mol. The average molecular weight is 364 g/mol. The van der Waals surface area contributed by atoms with Gasteiger partial charge in [-0.15, -0.1) is 0 Å². The van der Waals surface area contributed by atoms with Crippen LogP contribution in [-0.2, 0) is 20.5 Å². The van der Waals surface area contributed by atoms with Crippen molar-refractivity contribution < 1.29 is 14.0 Å². The van der Waals surface area contributed by atoms with Crippen LogP contribution >= 0.6 is 0 Å². The van der Waals surface area contributed by atoms with Gasteiger partial charge >= 0.3 is 5.97 Å². The lowest BCUT2D eigenvalue weighted by atomic mass is 10.2. The Morgan fingerprint density at radius 1 is 1.24 bits per heavy atom. The number of hydrogen-bond acceptors (Lipinski definition) is 4. The molecule has 0 saturated carbocycles. The van der Waals surface area contributed by atoms with Crippen LogP contribution in [0.25, 0.3) is 0 Å². The molecule has 1 aromatic rings. The average Bonchev–Trinajstić information content (AvgIpc) is 2.89. The van der Waals surface area contributed by atoms with Crippen LogP contribution in [0.15, 0.2) is 30.3 Å². The van der Waals surface area contributed by atoms with E-state index >= 15 is 0 Å². The molecule has 2 rings (SSSR count). The van der Waals surface area contributed by atoms with E-state index in [9.17, 15) is 4.79 Å². The number of benzene rings is 1. The molecule has 1 saturated heterocycles. The lowest BCUT2D eigenvalue weighted by molar-refractivity contribution is -0.148. The van der Waals surface area contributed by atoms with Crippen molar-refractivity contribution in [2.24, 2.45) is 0 Å². The number of esters is 1. The highest BCUT2D eigenvalue weighted by Gasteiger charge is 2.44. The Hall–Kier alpha value is -1.17. The quantitative estimate of drug-likeness (QED) is 0.560. The molecular formula is C20H33NO3Si. The van der Waals surface area contributed by atoms with Crippen molar-refractivity contribution >= 4 is 14.3 Å². The first-order valence-electron chi connectivity index (χ1n) is 9.26. The van der Waals surface area contributed by atoms with Crippen LogP contribution in [0.3, 0.4) is 0 Å². The molecule has 0 N–H and O–H groups in total. The first-order valence-corrected chi connectivity index (χ1v) is 12.2. The van der Waals surface area contributed by atoms with Crippen molar-refractivity contribution in [3.63, 3.8) is 0 Å². The standard InChI is InChI=1S/C20H33NO3Si/c1-7-23-19(22)18-13-17(24-25(5,6)20(2,3)4)15-21(18)14-16-11-9-8-10-12-16/h8-12,17-18H,7,13-15H2,1-6H3/t17-,18-/m1/s1. The van der Waals surface area contributed by atoms with E-state index < -0.39 is 8.32 Å². The van der Waals surface area contributed by atoms with Crippen LogP contribution in [0.5, 0.6) is 0 Å². The minimum Gasteiger partial charge on any atom is -0.465 e. The van der Waals surface area contributed by atoms with E-state index in [1.807, 2.05) is 25.1 Å². The first kappa shape index (κ1) is 20.1. The van der Waals surface area contributed by atoms with E-state index in [-0.39, 0.29) is 23.2 Å². The van der Waals surface area contributed by atoms with Crippen LogP contribution in [0, 0.1) is 0 Å². The van der Waals surface area contributed by atoms with Gasteiger partial charge in [0.1, 0.15) is 6.04 Å². The van der Waals surface area contributed by atoms with Gasteiger partial charge in [0.05, 0.1) is 12.7 Å². The Kier molecular flexibility index (Phi) is 6.46. The van der Waals surface area contributed by atoms with Gasteiger partial charge in [-0.3, -0.25) is 9.69 Å². The molecule has 0 amide bonds. The molecule has 0 spiro atoms. The molecule has 0 bridgehead atoms. The van der Waals surface area contributed by atoms with E-state index in [1.165, 1.54) is 5.56 Å². The summed E-state index contributed by atoms with van der Waals surface area (Å²) in [7, 11) is -1.85. The zero-order valence-electron chi connectivity index (χ0n) is 16.5. The second kappa shape index (κ2) is 8.02. The van der Waals surface area contributed by atoms with Crippen molar-refractivity contribution in [3.05, 3.63) is 35.9 Å². The smallest absolute Gasteiger partial charge is 0.323 e. The molecule has 2 atom stereocenters. The minimum atomic E-state index is -1.85. The van der Waals surface area contributed by atoms with Gasteiger partial charge in [0.25, 0.3) is 0 Å². The number of ether oxygens (including phenoxy) is 1. The highest BCUT2D eigenvalue weighted by molar-refractivity contribution is 6.74. The summed E-state index contributed by atoms with van der Waals surface area (Å²) in [5, 5.41) is 0.166. The van der Waals surface area contributed by atoms with Crippen LogP contribution < -0.4 is 0 Å². The largest absolute Gasteiger partial charge is 0.465 e. The summed E-state index contributed by atoms with van der Waals surface area (Å²) in [6.45, 7) is 15.1. The summed E-state index contributed by atoms with van der Waals surface area (Å²) >= 11 is 0. The Labute approximate surface area is 153 Å². The fourth-order valence-electron chi connectivity index (χ4n) is 3.02. The number of likely N-dealkylation sites (tertiary alicyclic amines) is 1. The van der Waals surface area contributed by atoms with Crippen molar-refractivity contribution in [2.45, 2.75) is 70.9 Å². The Balaban J connectivity index is 2.12. The molecule has 1 heterocycles. The summed E-state index contributed by atoms with van der Waals surface area (Å²) in [5.41, 5.74) is 1.21. The van der Waals surface area contributed by atoms with Crippen LogP contribution in [0.4, 0.5) is 0 Å². The lowest BCUT2D eigenvalue weighted by Gasteiger charge is -2.38. The van der Waals surface area contributed by atoms with Crippen molar-refractivity contribution in [1.29, 1.82) is 0 Å². The summed E-state index contributed by atoms with van der Waals surface area (Å²) in [4.78, 5) is 14.7. The van der Waals surface area contributed by atoms with Gasteiger partial charge in [0, 0.05) is 13.1 Å². The van der Waals surface area contributed by atoms with E-state index in [2.05, 4.69) is 50.9 Å². The first-order chi connectivity index (χ1) is 11.6. The maximum atomic E-state index is 12.4. The minimum absolute atomic E-state index is 0.0963. The van der Waals surface area contributed by atoms with Crippen LogP contribution in [-0.4, -0.2) is 44.5 Å². The van der Waals surface area contributed by atoms with Gasteiger partial charge in [-0.1, -0.05) is 51.1 Å². The summed E-state index contributed by atoms with van der Waals surface area (Å²) in [5.74, 6) is -0.125. The third-order valence-corrected chi connectivity index (χ3v) is 9.95.